The van der Waals surface area contributed by atoms with Crippen molar-refractivity contribution in [1.29, 1.82) is 0 Å². The second-order valence-electron chi connectivity index (χ2n) is 4.29. The topological polar surface area (TPSA) is 124 Å². The highest BCUT2D eigenvalue weighted by Crippen LogP contribution is 2.21. The minimum absolute atomic E-state index is 0.140. The summed E-state index contributed by atoms with van der Waals surface area (Å²) in [5.41, 5.74) is 1.25. The quantitative estimate of drug-likeness (QED) is 0.571. The third-order valence-electron chi connectivity index (χ3n) is 2.82. The number of aromatic nitrogens is 3. The zero-order valence-electron chi connectivity index (χ0n) is 10.5. The molecule has 0 spiro atoms. The van der Waals surface area contributed by atoms with Gasteiger partial charge in [0.05, 0.1) is 6.54 Å². The van der Waals surface area contributed by atoms with Crippen LogP contribution in [0.25, 0.3) is 11.0 Å². The van der Waals surface area contributed by atoms with Crippen molar-refractivity contribution in [1.82, 2.24) is 14.8 Å². The number of carbonyl (C=O) groups is 1. The van der Waals surface area contributed by atoms with E-state index in [1.54, 1.807) is 18.2 Å². The van der Waals surface area contributed by atoms with Crippen molar-refractivity contribution < 1.29 is 19.2 Å². The van der Waals surface area contributed by atoms with Crippen LogP contribution in [0, 0.1) is 10.1 Å². The zero-order valence-corrected chi connectivity index (χ0v) is 10.5. The summed E-state index contributed by atoms with van der Waals surface area (Å²) in [6, 6.07) is 6.52. The molecule has 0 radical (unpaired) electrons. The summed E-state index contributed by atoms with van der Waals surface area (Å²) in [6.45, 7) is 0.282. The van der Waals surface area contributed by atoms with Crippen LogP contribution in [0.15, 0.2) is 35.0 Å². The summed E-state index contributed by atoms with van der Waals surface area (Å²) in [5.74, 6) is -1.74. The van der Waals surface area contributed by atoms with Gasteiger partial charge in [0.25, 0.3) is 0 Å². The minimum atomic E-state index is -1.14. The van der Waals surface area contributed by atoms with E-state index in [1.807, 2.05) is 0 Å². The van der Waals surface area contributed by atoms with Crippen LogP contribution in [-0.2, 0) is 6.54 Å². The molecule has 1 N–H and O–H groups in total. The summed E-state index contributed by atoms with van der Waals surface area (Å²) in [6.07, 6.45) is 1.26. The van der Waals surface area contributed by atoms with Crippen molar-refractivity contribution >= 4 is 22.9 Å². The molecule has 0 saturated carbocycles. The van der Waals surface area contributed by atoms with E-state index in [9.17, 15) is 14.9 Å². The lowest BCUT2D eigenvalue weighted by atomic mass is 10.1. The Balaban J connectivity index is 1.89. The van der Waals surface area contributed by atoms with Crippen LogP contribution in [-0.4, -0.2) is 30.8 Å². The number of nitrogens with zero attached hydrogens (tertiary/aromatic N) is 4. The Kier molecular flexibility index (Phi) is 2.87. The molecule has 9 heteroatoms. The van der Waals surface area contributed by atoms with Gasteiger partial charge in [-0.25, -0.2) is 4.79 Å². The van der Waals surface area contributed by atoms with Crippen LogP contribution < -0.4 is 0 Å². The molecule has 1 aromatic carbocycles. The van der Waals surface area contributed by atoms with Crippen molar-refractivity contribution in [2.75, 3.05) is 0 Å². The van der Waals surface area contributed by atoms with E-state index < -0.39 is 16.8 Å². The van der Waals surface area contributed by atoms with Gasteiger partial charge in [-0.1, -0.05) is 11.1 Å². The molecule has 0 aliphatic carbocycles. The molecular formula is C12H8N4O5. The molecule has 0 aliphatic heterocycles. The molecule has 0 amide bonds. The molecule has 3 rings (SSSR count). The highest BCUT2D eigenvalue weighted by Gasteiger charge is 2.14. The maximum atomic E-state index is 10.8. The van der Waals surface area contributed by atoms with E-state index in [1.165, 1.54) is 17.1 Å². The average molecular weight is 288 g/mol. The highest BCUT2D eigenvalue weighted by molar-refractivity contribution is 5.91. The van der Waals surface area contributed by atoms with Gasteiger partial charge in [-0.15, -0.1) is 0 Å². The zero-order chi connectivity index (χ0) is 15.0. The predicted octanol–water partition coefficient (Wildman–Crippen LogP) is 1.68. The lowest BCUT2D eigenvalue weighted by molar-refractivity contribution is -0.394. The minimum Gasteiger partial charge on any atom is -0.475 e. The van der Waals surface area contributed by atoms with E-state index in [-0.39, 0.29) is 12.3 Å². The molecular weight excluding hydrogens is 280 g/mol. The SMILES string of the molecule is O=C(O)c1cc2cc(Cn3cnc([N+](=O)[O-])n3)ccc2o1. The van der Waals surface area contributed by atoms with Crippen molar-refractivity contribution in [3.63, 3.8) is 0 Å². The lowest BCUT2D eigenvalue weighted by Crippen LogP contribution is -2.01. The molecule has 0 unspecified atom stereocenters. The maximum Gasteiger partial charge on any atom is 0.490 e. The Bertz CT molecular complexity index is 850. The number of benzene rings is 1. The molecule has 2 aromatic heterocycles. The maximum absolute atomic E-state index is 10.8. The molecule has 0 atom stereocenters. The Labute approximate surface area is 116 Å². The number of nitro groups is 1. The van der Waals surface area contributed by atoms with E-state index >= 15 is 0 Å². The van der Waals surface area contributed by atoms with E-state index in [2.05, 4.69) is 10.1 Å². The number of carboxylic acid groups (broad SMARTS) is 1. The first-order chi connectivity index (χ1) is 10.0. The largest absolute Gasteiger partial charge is 0.490 e. The molecule has 0 aliphatic rings. The lowest BCUT2D eigenvalue weighted by Gasteiger charge is -1.97. The van der Waals surface area contributed by atoms with E-state index in [0.717, 1.165) is 5.56 Å². The Morgan fingerprint density at radius 2 is 2.24 bits per heavy atom. The van der Waals surface area contributed by atoms with Crippen LogP contribution in [0.3, 0.4) is 0 Å². The third-order valence-corrected chi connectivity index (χ3v) is 2.82. The summed E-state index contributed by atoms with van der Waals surface area (Å²) in [5, 5.41) is 23.7. The van der Waals surface area contributed by atoms with Crippen LogP contribution in [0.1, 0.15) is 16.1 Å². The first-order valence-corrected chi connectivity index (χ1v) is 5.82. The van der Waals surface area contributed by atoms with Gasteiger partial charge >= 0.3 is 11.9 Å². The summed E-state index contributed by atoms with van der Waals surface area (Å²) in [4.78, 5) is 24.2. The summed E-state index contributed by atoms with van der Waals surface area (Å²) >= 11 is 0. The Morgan fingerprint density at radius 1 is 1.43 bits per heavy atom. The van der Waals surface area contributed by atoms with Crippen LogP contribution >= 0.6 is 0 Å². The van der Waals surface area contributed by atoms with Gasteiger partial charge in [0.1, 0.15) is 5.58 Å². The Hall–Kier alpha value is -3.23. The van der Waals surface area contributed by atoms with Gasteiger partial charge in [-0.05, 0) is 28.7 Å². The first kappa shape index (κ1) is 12.8. The fourth-order valence-electron chi connectivity index (χ4n) is 1.93. The third kappa shape index (κ3) is 2.43. The summed E-state index contributed by atoms with van der Waals surface area (Å²) < 4.78 is 6.48. The molecule has 106 valence electrons. The van der Waals surface area contributed by atoms with E-state index in [4.69, 9.17) is 9.52 Å². The first-order valence-electron chi connectivity index (χ1n) is 5.82. The van der Waals surface area contributed by atoms with Crippen molar-refractivity contribution in [2.45, 2.75) is 6.54 Å². The molecule has 2 heterocycles. The average Bonchev–Trinajstić information content (AvgIpc) is 3.04. The van der Waals surface area contributed by atoms with Gasteiger partial charge in [0, 0.05) is 10.5 Å². The number of hydrogen-bond donors (Lipinski definition) is 1. The monoisotopic (exact) mass is 288 g/mol. The second kappa shape index (κ2) is 4.71. The number of aromatic carboxylic acids is 1. The van der Waals surface area contributed by atoms with E-state index in [0.29, 0.717) is 11.0 Å². The van der Waals surface area contributed by atoms with Crippen LogP contribution in [0.5, 0.6) is 0 Å². The second-order valence-corrected chi connectivity index (χ2v) is 4.29. The standard InChI is InChI=1S/C12H8N4O5/c17-11(18)10-4-8-3-7(1-2-9(8)21-10)5-15-6-13-12(14-15)16(19)20/h1-4,6H,5H2,(H,17,18). The molecule has 3 aromatic rings. The summed E-state index contributed by atoms with van der Waals surface area (Å²) in [7, 11) is 0. The number of furan rings is 1. The molecule has 0 saturated heterocycles. The van der Waals surface area contributed by atoms with Crippen LogP contribution in [0.4, 0.5) is 5.95 Å². The van der Waals surface area contributed by atoms with Gasteiger partial charge < -0.3 is 19.6 Å². The Morgan fingerprint density at radius 3 is 2.90 bits per heavy atom. The molecule has 9 nitrogen and oxygen atoms in total. The fraction of sp³-hybridized carbons (Fsp3) is 0.0833. The van der Waals surface area contributed by atoms with Gasteiger partial charge in [0.2, 0.25) is 12.1 Å². The molecule has 0 bridgehead atoms. The van der Waals surface area contributed by atoms with Gasteiger partial charge in [-0.2, -0.15) is 4.68 Å². The normalized spacial score (nSPS) is 10.9. The number of fused-ring (bicyclic) bond motifs is 1. The van der Waals surface area contributed by atoms with Crippen molar-refractivity contribution in [2.24, 2.45) is 0 Å². The molecule has 21 heavy (non-hydrogen) atoms. The highest BCUT2D eigenvalue weighted by atomic mass is 16.6. The number of carboxylic acids is 1. The predicted molar refractivity (Wildman–Crippen MR) is 69.0 cm³/mol. The smallest absolute Gasteiger partial charge is 0.475 e. The van der Waals surface area contributed by atoms with Crippen molar-refractivity contribution in [3.8, 4) is 0 Å². The van der Waals surface area contributed by atoms with Crippen molar-refractivity contribution in [3.05, 3.63) is 52.0 Å². The fourth-order valence-corrected chi connectivity index (χ4v) is 1.93. The number of hydrogen-bond acceptors (Lipinski definition) is 6. The number of rotatable bonds is 4. The van der Waals surface area contributed by atoms with Crippen LogP contribution in [0.2, 0.25) is 0 Å². The molecule has 0 fully saturated rings. The van der Waals surface area contributed by atoms with Gasteiger partial charge in [0.15, 0.2) is 0 Å². The van der Waals surface area contributed by atoms with Gasteiger partial charge in [-0.3, -0.25) is 0 Å².